The summed E-state index contributed by atoms with van der Waals surface area (Å²) in [6.45, 7) is 4.81. The van der Waals surface area contributed by atoms with Crippen LogP contribution in [0.1, 0.15) is 25.3 Å². The Morgan fingerprint density at radius 1 is 1.35 bits per heavy atom. The minimum atomic E-state index is 0.173. The molecule has 0 unspecified atom stereocenters. The highest BCUT2D eigenvalue weighted by Crippen LogP contribution is 2.28. The van der Waals surface area contributed by atoms with Gasteiger partial charge in [0.25, 0.3) is 0 Å². The van der Waals surface area contributed by atoms with Crippen molar-refractivity contribution in [2.45, 2.75) is 26.3 Å². The molecule has 0 heterocycles. The fourth-order valence-corrected chi connectivity index (χ4v) is 2.67. The Hall–Kier alpha value is -1.56. The van der Waals surface area contributed by atoms with Crippen LogP contribution in [-0.2, 0) is 11.3 Å². The smallest absolute Gasteiger partial charge is 0.223 e. The lowest BCUT2D eigenvalue weighted by atomic mass is 10.2. The number of nitrogens with zero attached hydrogens (tertiary/aromatic N) is 2. The van der Waals surface area contributed by atoms with Crippen LogP contribution in [0.15, 0.2) is 33.7 Å². The number of nitrogens with one attached hydrogen (secondary N) is 2. The molecule has 1 fully saturated rings. The van der Waals surface area contributed by atoms with Gasteiger partial charge in [0.15, 0.2) is 5.96 Å². The predicted molar refractivity (Wildman–Crippen MR) is 97.3 cm³/mol. The molecule has 1 saturated carbocycles. The number of guanidine groups is 1. The number of benzene rings is 1. The molecule has 5 nitrogen and oxygen atoms in total. The second-order valence-electron chi connectivity index (χ2n) is 5.75. The van der Waals surface area contributed by atoms with Crippen LogP contribution >= 0.6 is 15.9 Å². The van der Waals surface area contributed by atoms with Gasteiger partial charge in [-0.05, 0) is 31.4 Å². The van der Waals surface area contributed by atoms with Crippen LogP contribution in [0, 0.1) is 5.92 Å². The third-order valence-corrected chi connectivity index (χ3v) is 4.46. The predicted octanol–water partition coefficient (Wildman–Crippen LogP) is 2.37. The number of aliphatic imine (C=N–C) groups is 1. The van der Waals surface area contributed by atoms with Crippen LogP contribution in [0.3, 0.4) is 0 Å². The van der Waals surface area contributed by atoms with E-state index in [1.165, 1.54) is 5.56 Å². The molecule has 0 saturated heterocycles. The summed E-state index contributed by atoms with van der Waals surface area (Å²) >= 11 is 3.58. The van der Waals surface area contributed by atoms with E-state index in [2.05, 4.69) is 49.4 Å². The van der Waals surface area contributed by atoms with Crippen LogP contribution in [0.4, 0.5) is 0 Å². The number of hydrogen-bond acceptors (Lipinski definition) is 2. The highest BCUT2D eigenvalue weighted by molar-refractivity contribution is 9.10. The summed E-state index contributed by atoms with van der Waals surface area (Å²) in [7, 11) is 2.02. The van der Waals surface area contributed by atoms with Crippen molar-refractivity contribution in [3.8, 4) is 0 Å². The summed E-state index contributed by atoms with van der Waals surface area (Å²) in [5.74, 6) is 1.28. The zero-order valence-corrected chi connectivity index (χ0v) is 15.4. The summed E-state index contributed by atoms with van der Waals surface area (Å²) in [6, 6.07) is 8.18. The molecule has 1 amide bonds. The maximum atomic E-state index is 11.6. The molecule has 0 atom stereocenters. The first-order valence-electron chi connectivity index (χ1n) is 8.12. The van der Waals surface area contributed by atoms with Gasteiger partial charge in [-0.25, -0.2) is 0 Å². The molecule has 1 aromatic rings. The molecule has 2 rings (SSSR count). The lowest BCUT2D eigenvalue weighted by molar-refractivity contribution is -0.122. The van der Waals surface area contributed by atoms with Crippen LogP contribution in [0.25, 0.3) is 0 Å². The second kappa shape index (κ2) is 8.91. The molecule has 0 bridgehead atoms. The van der Waals surface area contributed by atoms with E-state index in [0.717, 1.165) is 36.4 Å². The molecule has 1 aromatic carbocycles. The van der Waals surface area contributed by atoms with Crippen molar-refractivity contribution < 1.29 is 4.79 Å². The normalized spacial score (nSPS) is 14.5. The number of carbonyl (C=O) groups excluding carboxylic acids is 1. The van der Waals surface area contributed by atoms with Crippen molar-refractivity contribution in [2.24, 2.45) is 10.9 Å². The molecule has 1 aliphatic rings. The molecule has 0 spiro atoms. The first-order valence-corrected chi connectivity index (χ1v) is 8.91. The highest BCUT2D eigenvalue weighted by atomic mass is 79.9. The minimum absolute atomic E-state index is 0.173. The maximum absolute atomic E-state index is 11.6. The first kappa shape index (κ1) is 17.8. The van der Waals surface area contributed by atoms with E-state index in [9.17, 15) is 4.79 Å². The van der Waals surface area contributed by atoms with E-state index in [0.29, 0.717) is 13.1 Å². The average molecular weight is 381 g/mol. The van der Waals surface area contributed by atoms with Gasteiger partial charge in [-0.3, -0.25) is 9.79 Å². The number of hydrogen-bond donors (Lipinski definition) is 2. The molecule has 2 N–H and O–H groups in total. The quantitative estimate of drug-likeness (QED) is 0.433. The molecular formula is C17H25BrN4O. The van der Waals surface area contributed by atoms with Crippen LogP contribution in [-0.4, -0.2) is 43.4 Å². The third-order valence-electron chi connectivity index (χ3n) is 3.68. The second-order valence-corrected chi connectivity index (χ2v) is 6.60. The van der Waals surface area contributed by atoms with Gasteiger partial charge in [0.2, 0.25) is 5.91 Å². The van der Waals surface area contributed by atoms with Crippen molar-refractivity contribution in [1.82, 2.24) is 15.5 Å². The van der Waals surface area contributed by atoms with Crippen molar-refractivity contribution in [2.75, 3.05) is 26.7 Å². The van der Waals surface area contributed by atoms with E-state index in [4.69, 9.17) is 0 Å². The monoisotopic (exact) mass is 380 g/mol. The van der Waals surface area contributed by atoms with Gasteiger partial charge in [0, 0.05) is 37.1 Å². The number of halogens is 1. The van der Waals surface area contributed by atoms with Crippen LogP contribution in [0.2, 0.25) is 0 Å². The number of rotatable bonds is 7. The third kappa shape index (κ3) is 5.86. The van der Waals surface area contributed by atoms with Gasteiger partial charge in [0.05, 0.1) is 6.54 Å². The fraction of sp³-hybridized carbons (Fsp3) is 0.529. The Morgan fingerprint density at radius 2 is 2.09 bits per heavy atom. The molecule has 23 heavy (non-hydrogen) atoms. The summed E-state index contributed by atoms with van der Waals surface area (Å²) in [4.78, 5) is 18.3. The Bertz CT molecular complexity index is 557. The zero-order chi connectivity index (χ0) is 16.7. The molecule has 126 valence electrons. The number of amides is 1. The van der Waals surface area contributed by atoms with Gasteiger partial charge in [-0.2, -0.15) is 0 Å². The van der Waals surface area contributed by atoms with Gasteiger partial charge in [0.1, 0.15) is 0 Å². The lowest BCUT2D eigenvalue weighted by Crippen LogP contribution is -2.39. The van der Waals surface area contributed by atoms with Crippen molar-refractivity contribution in [1.29, 1.82) is 0 Å². The van der Waals surface area contributed by atoms with Crippen LogP contribution < -0.4 is 10.6 Å². The zero-order valence-electron chi connectivity index (χ0n) is 13.8. The van der Waals surface area contributed by atoms with E-state index in [-0.39, 0.29) is 11.8 Å². The van der Waals surface area contributed by atoms with Gasteiger partial charge in [-0.15, -0.1) is 0 Å². The van der Waals surface area contributed by atoms with E-state index >= 15 is 0 Å². The van der Waals surface area contributed by atoms with Gasteiger partial charge in [-0.1, -0.05) is 34.1 Å². The topological polar surface area (TPSA) is 56.7 Å². The van der Waals surface area contributed by atoms with Crippen molar-refractivity contribution in [3.05, 3.63) is 34.3 Å². The molecular weight excluding hydrogens is 356 g/mol. The van der Waals surface area contributed by atoms with E-state index in [1.807, 2.05) is 25.2 Å². The average Bonchev–Trinajstić information content (AvgIpc) is 3.37. The Labute approximate surface area is 146 Å². The molecule has 0 aromatic heterocycles. The Balaban J connectivity index is 1.86. The molecule has 1 aliphatic carbocycles. The fourth-order valence-electron chi connectivity index (χ4n) is 2.26. The van der Waals surface area contributed by atoms with E-state index < -0.39 is 0 Å². The largest absolute Gasteiger partial charge is 0.357 e. The van der Waals surface area contributed by atoms with Crippen molar-refractivity contribution in [3.63, 3.8) is 0 Å². The maximum Gasteiger partial charge on any atom is 0.223 e. The summed E-state index contributed by atoms with van der Waals surface area (Å²) in [6.07, 6.45) is 2.07. The van der Waals surface area contributed by atoms with Gasteiger partial charge >= 0.3 is 0 Å². The van der Waals surface area contributed by atoms with Crippen LogP contribution in [0.5, 0.6) is 0 Å². The summed E-state index contributed by atoms with van der Waals surface area (Å²) in [5, 5.41) is 6.23. The highest BCUT2D eigenvalue weighted by Gasteiger charge is 2.28. The number of carbonyl (C=O) groups is 1. The molecule has 0 aliphatic heterocycles. The molecule has 0 radical (unpaired) electrons. The van der Waals surface area contributed by atoms with Crippen molar-refractivity contribution >= 4 is 27.8 Å². The summed E-state index contributed by atoms with van der Waals surface area (Å²) < 4.78 is 1.10. The first-order chi connectivity index (χ1) is 11.1. The standard InChI is InChI=1S/C17H25BrN4O/c1-3-19-17(21-11-10-20-16(23)13-8-9-13)22(2)12-14-6-4-5-7-15(14)18/h4-7,13H,3,8-12H2,1-2H3,(H,19,21)(H,20,23). The van der Waals surface area contributed by atoms with Gasteiger partial charge < -0.3 is 15.5 Å². The Morgan fingerprint density at radius 3 is 2.74 bits per heavy atom. The lowest BCUT2D eigenvalue weighted by Gasteiger charge is -2.22. The summed E-state index contributed by atoms with van der Waals surface area (Å²) in [5.41, 5.74) is 1.21. The minimum Gasteiger partial charge on any atom is -0.357 e. The SMILES string of the molecule is CCNC(=NCCNC(=O)C1CC1)N(C)Cc1ccccc1Br. The Kier molecular flexibility index (Phi) is 6.89. The molecule has 6 heteroatoms. The van der Waals surface area contributed by atoms with E-state index in [1.54, 1.807) is 0 Å².